The van der Waals surface area contributed by atoms with Gasteiger partial charge in [0.05, 0.1) is 9.75 Å². The molecule has 0 radical (unpaired) electrons. The van der Waals surface area contributed by atoms with Crippen molar-refractivity contribution in [2.45, 2.75) is 6.18 Å². The standard InChI is InChI=1S/C9H9F3N2O4S2/c1-14(2)20(17,18)13-8(16)6-4-3-5(19-6)7(15)9(10,11)12/h3-4H,1-2H3,(H,13,16). The molecule has 1 amide bonds. The van der Waals surface area contributed by atoms with Gasteiger partial charge in [0.15, 0.2) is 0 Å². The number of halogens is 3. The molecule has 0 saturated heterocycles. The lowest BCUT2D eigenvalue weighted by Gasteiger charge is -2.11. The first kappa shape index (κ1) is 16.6. The number of hydrogen-bond donors (Lipinski definition) is 1. The van der Waals surface area contributed by atoms with Gasteiger partial charge in [-0.25, -0.2) is 4.72 Å². The molecule has 6 nitrogen and oxygen atoms in total. The Balaban J connectivity index is 2.94. The SMILES string of the molecule is CN(C)S(=O)(=O)NC(=O)c1ccc(C(=O)C(F)(F)F)s1. The minimum atomic E-state index is -5.05. The van der Waals surface area contributed by atoms with Crippen LogP contribution in [0.3, 0.4) is 0 Å². The van der Waals surface area contributed by atoms with E-state index in [0.29, 0.717) is 0 Å². The molecule has 0 spiro atoms. The molecule has 0 aromatic carbocycles. The molecule has 1 rings (SSSR count). The Labute approximate surface area is 116 Å². The monoisotopic (exact) mass is 330 g/mol. The first-order valence-corrected chi connectivity index (χ1v) is 7.17. The van der Waals surface area contributed by atoms with E-state index in [0.717, 1.165) is 16.4 Å². The van der Waals surface area contributed by atoms with Gasteiger partial charge in [-0.3, -0.25) is 9.59 Å². The van der Waals surface area contributed by atoms with Crippen LogP contribution in [0.5, 0.6) is 0 Å². The van der Waals surface area contributed by atoms with Crippen LogP contribution >= 0.6 is 11.3 Å². The van der Waals surface area contributed by atoms with Crippen molar-refractivity contribution in [2.24, 2.45) is 0 Å². The van der Waals surface area contributed by atoms with Crippen molar-refractivity contribution in [3.05, 3.63) is 21.9 Å². The highest BCUT2D eigenvalue weighted by Crippen LogP contribution is 2.26. The predicted molar refractivity (Wildman–Crippen MR) is 64.8 cm³/mol. The highest BCUT2D eigenvalue weighted by Gasteiger charge is 2.40. The molecule has 0 atom stereocenters. The van der Waals surface area contributed by atoms with Crippen molar-refractivity contribution in [3.63, 3.8) is 0 Å². The molecule has 20 heavy (non-hydrogen) atoms. The van der Waals surface area contributed by atoms with Crippen LogP contribution in [0.1, 0.15) is 19.3 Å². The van der Waals surface area contributed by atoms with E-state index < -0.39 is 33.0 Å². The Hall–Kier alpha value is -1.46. The summed E-state index contributed by atoms with van der Waals surface area (Å²) in [5.74, 6) is -3.19. The number of hydrogen-bond acceptors (Lipinski definition) is 5. The molecule has 11 heteroatoms. The molecule has 1 aromatic heterocycles. The minimum absolute atomic E-state index is 0.264. The minimum Gasteiger partial charge on any atom is -0.283 e. The molecule has 0 aliphatic rings. The van der Waals surface area contributed by atoms with Gasteiger partial charge >= 0.3 is 16.4 Å². The first-order valence-electron chi connectivity index (χ1n) is 4.91. The van der Waals surface area contributed by atoms with Gasteiger partial charge < -0.3 is 0 Å². The summed E-state index contributed by atoms with van der Waals surface area (Å²) < 4.78 is 61.6. The highest BCUT2D eigenvalue weighted by atomic mass is 32.2. The summed E-state index contributed by atoms with van der Waals surface area (Å²) in [5.41, 5.74) is 0. The fourth-order valence-corrected chi connectivity index (χ4v) is 2.43. The third-order valence-corrected chi connectivity index (χ3v) is 4.50. The summed E-state index contributed by atoms with van der Waals surface area (Å²) in [6.07, 6.45) is -5.05. The summed E-state index contributed by atoms with van der Waals surface area (Å²) in [5, 5.41) is 0. The van der Waals surface area contributed by atoms with Crippen LogP contribution in [-0.2, 0) is 10.2 Å². The van der Waals surface area contributed by atoms with Crippen LogP contribution in [0, 0.1) is 0 Å². The lowest BCUT2D eigenvalue weighted by atomic mass is 10.3. The first-order chi connectivity index (χ1) is 8.95. The highest BCUT2D eigenvalue weighted by molar-refractivity contribution is 7.87. The predicted octanol–water partition coefficient (Wildman–Crippen LogP) is 1.03. The molecular weight excluding hydrogens is 321 g/mol. The van der Waals surface area contributed by atoms with Crippen molar-refractivity contribution in [3.8, 4) is 0 Å². The second-order valence-electron chi connectivity index (χ2n) is 3.71. The van der Waals surface area contributed by atoms with Gasteiger partial charge in [-0.15, -0.1) is 11.3 Å². The quantitative estimate of drug-likeness (QED) is 0.836. The number of rotatable bonds is 4. The Kier molecular flexibility index (Phi) is 4.56. The zero-order valence-electron chi connectivity index (χ0n) is 10.2. The van der Waals surface area contributed by atoms with Gasteiger partial charge in [0.2, 0.25) is 0 Å². The molecule has 1 aromatic rings. The zero-order valence-corrected chi connectivity index (χ0v) is 11.8. The molecule has 1 N–H and O–H groups in total. The summed E-state index contributed by atoms with van der Waals surface area (Å²) in [6.45, 7) is 0. The molecule has 0 unspecified atom stereocenters. The number of thiophene rings is 1. The third-order valence-electron chi connectivity index (χ3n) is 2.01. The summed E-state index contributed by atoms with van der Waals surface area (Å²) >= 11 is 0.264. The van der Waals surface area contributed by atoms with E-state index in [1.165, 1.54) is 14.1 Å². The summed E-state index contributed by atoms with van der Waals surface area (Å²) in [6, 6.07) is 1.77. The van der Waals surface area contributed by atoms with Crippen molar-refractivity contribution < 1.29 is 31.2 Å². The van der Waals surface area contributed by atoms with Crippen LogP contribution in [-0.4, -0.2) is 44.7 Å². The van der Waals surface area contributed by atoms with E-state index in [1.54, 1.807) is 4.72 Å². The Morgan fingerprint density at radius 1 is 1.20 bits per heavy atom. The smallest absolute Gasteiger partial charge is 0.283 e. The maximum absolute atomic E-state index is 12.2. The number of carbonyl (C=O) groups is 2. The van der Waals surface area contributed by atoms with Gasteiger partial charge in [0, 0.05) is 14.1 Å². The topological polar surface area (TPSA) is 83.6 Å². The van der Waals surface area contributed by atoms with Gasteiger partial charge in [-0.1, -0.05) is 0 Å². The van der Waals surface area contributed by atoms with Crippen LogP contribution in [0.25, 0.3) is 0 Å². The number of nitrogens with zero attached hydrogens (tertiary/aromatic N) is 1. The van der Waals surface area contributed by atoms with E-state index in [9.17, 15) is 31.2 Å². The molecule has 0 aliphatic carbocycles. The van der Waals surface area contributed by atoms with Gasteiger partial charge in [-0.2, -0.15) is 25.9 Å². The van der Waals surface area contributed by atoms with Crippen molar-refractivity contribution in [2.75, 3.05) is 14.1 Å². The average molecular weight is 330 g/mol. The fourth-order valence-electron chi connectivity index (χ4n) is 0.980. The number of amides is 1. The Morgan fingerprint density at radius 2 is 1.70 bits per heavy atom. The molecule has 1 heterocycles. The van der Waals surface area contributed by atoms with Crippen LogP contribution in [0.15, 0.2) is 12.1 Å². The Bertz CT molecular complexity index is 634. The lowest BCUT2D eigenvalue weighted by Crippen LogP contribution is -2.39. The van der Waals surface area contributed by atoms with Crippen LogP contribution < -0.4 is 4.72 Å². The molecule has 0 aliphatic heterocycles. The number of nitrogens with one attached hydrogen (secondary N) is 1. The summed E-state index contributed by atoms with van der Waals surface area (Å²) in [7, 11) is -1.71. The second-order valence-corrected chi connectivity index (χ2v) is 6.68. The normalized spacial score (nSPS) is 12.5. The van der Waals surface area contributed by atoms with Crippen molar-refractivity contribution >= 4 is 33.2 Å². The van der Waals surface area contributed by atoms with Gasteiger partial charge in [0.1, 0.15) is 0 Å². The number of carbonyl (C=O) groups excluding carboxylic acids is 2. The van der Waals surface area contributed by atoms with Crippen LogP contribution in [0.4, 0.5) is 13.2 Å². The van der Waals surface area contributed by atoms with E-state index in [-0.39, 0.29) is 16.2 Å². The maximum atomic E-state index is 12.2. The summed E-state index contributed by atoms with van der Waals surface area (Å²) in [4.78, 5) is 21.5. The Morgan fingerprint density at radius 3 is 2.15 bits per heavy atom. The van der Waals surface area contributed by atoms with E-state index in [1.807, 2.05) is 0 Å². The molecule has 0 bridgehead atoms. The average Bonchev–Trinajstić information content (AvgIpc) is 2.74. The van der Waals surface area contributed by atoms with Crippen molar-refractivity contribution in [1.82, 2.24) is 9.03 Å². The molecule has 0 fully saturated rings. The maximum Gasteiger partial charge on any atom is 0.455 e. The van der Waals surface area contributed by atoms with Gasteiger partial charge in [0.25, 0.3) is 11.7 Å². The second kappa shape index (κ2) is 5.50. The lowest BCUT2D eigenvalue weighted by molar-refractivity contribution is -0.0882. The van der Waals surface area contributed by atoms with Crippen molar-refractivity contribution in [1.29, 1.82) is 0 Å². The van der Waals surface area contributed by atoms with E-state index in [4.69, 9.17) is 0 Å². The number of alkyl halides is 3. The third kappa shape index (κ3) is 3.77. The molecule has 0 saturated carbocycles. The van der Waals surface area contributed by atoms with E-state index in [2.05, 4.69) is 0 Å². The van der Waals surface area contributed by atoms with Gasteiger partial charge in [-0.05, 0) is 12.1 Å². The number of ketones is 1. The molecular formula is C9H9F3N2O4S2. The number of Topliss-reactive ketones (excluding diaryl/α,β-unsaturated/α-hetero) is 1. The molecule has 112 valence electrons. The fraction of sp³-hybridized carbons (Fsp3) is 0.333. The zero-order chi connectivity index (χ0) is 15.7. The van der Waals surface area contributed by atoms with E-state index >= 15 is 0 Å². The van der Waals surface area contributed by atoms with Crippen LogP contribution in [0.2, 0.25) is 0 Å². The largest absolute Gasteiger partial charge is 0.455 e.